The van der Waals surface area contributed by atoms with Gasteiger partial charge in [0.05, 0.1) is 6.54 Å². The number of rotatable bonds is 7. The topological polar surface area (TPSA) is 41.1 Å². The second-order valence-electron chi connectivity index (χ2n) is 5.95. The summed E-state index contributed by atoms with van der Waals surface area (Å²) >= 11 is 5.93. The van der Waals surface area contributed by atoms with Crippen molar-refractivity contribution in [1.29, 1.82) is 0 Å². The molecule has 1 aromatic rings. The van der Waals surface area contributed by atoms with Gasteiger partial charge in [-0.05, 0) is 42.4 Å². The summed E-state index contributed by atoms with van der Waals surface area (Å²) in [5.74, 6) is 1.20. The van der Waals surface area contributed by atoms with Crippen molar-refractivity contribution in [1.82, 2.24) is 10.6 Å². The molecule has 1 saturated carbocycles. The number of carbonyl (C=O) groups excluding carboxylic acids is 1. The Morgan fingerprint density at radius 3 is 2.50 bits per heavy atom. The van der Waals surface area contributed by atoms with Gasteiger partial charge in [0, 0.05) is 17.6 Å². The molecule has 0 aromatic heterocycles. The number of amides is 1. The molecule has 2 N–H and O–H groups in total. The first-order valence-electron chi connectivity index (χ1n) is 7.32. The van der Waals surface area contributed by atoms with Crippen LogP contribution in [0.25, 0.3) is 0 Å². The van der Waals surface area contributed by atoms with Gasteiger partial charge in [-0.15, -0.1) is 0 Å². The van der Waals surface area contributed by atoms with E-state index in [9.17, 15) is 4.79 Å². The van der Waals surface area contributed by atoms with Gasteiger partial charge < -0.3 is 10.6 Å². The summed E-state index contributed by atoms with van der Waals surface area (Å²) in [5.41, 5.74) is 1.22. The van der Waals surface area contributed by atoms with E-state index in [1.165, 1.54) is 18.4 Å². The maximum atomic E-state index is 11.8. The third kappa shape index (κ3) is 4.80. The van der Waals surface area contributed by atoms with Gasteiger partial charge >= 0.3 is 0 Å². The van der Waals surface area contributed by atoms with E-state index in [0.717, 1.165) is 11.6 Å². The molecule has 0 spiro atoms. The second kappa shape index (κ2) is 7.09. The maximum Gasteiger partial charge on any atom is 0.233 e. The lowest BCUT2D eigenvalue weighted by atomic mass is 10.0. The van der Waals surface area contributed by atoms with Gasteiger partial charge in [-0.25, -0.2) is 0 Å². The third-order valence-electron chi connectivity index (χ3n) is 3.51. The number of hydrogen-bond acceptors (Lipinski definition) is 2. The highest BCUT2D eigenvalue weighted by Gasteiger charge is 2.32. The maximum absolute atomic E-state index is 11.8. The lowest BCUT2D eigenvalue weighted by molar-refractivity contribution is -0.120. The first-order valence-corrected chi connectivity index (χ1v) is 7.69. The fraction of sp³-hybridized carbons (Fsp3) is 0.562. The molecule has 0 heterocycles. The minimum atomic E-state index is 0.0679. The molecule has 4 heteroatoms. The molecular formula is C16H23ClN2O. The molecule has 1 unspecified atom stereocenters. The Labute approximate surface area is 126 Å². The molecule has 0 aliphatic heterocycles. The molecule has 2 rings (SSSR count). The summed E-state index contributed by atoms with van der Waals surface area (Å²) in [4.78, 5) is 11.8. The van der Waals surface area contributed by atoms with Crippen LogP contribution < -0.4 is 10.6 Å². The molecule has 1 aromatic carbocycles. The molecule has 0 radical (unpaired) electrons. The molecule has 1 atom stereocenters. The van der Waals surface area contributed by atoms with Crippen LogP contribution >= 0.6 is 11.6 Å². The smallest absolute Gasteiger partial charge is 0.233 e. The van der Waals surface area contributed by atoms with Crippen LogP contribution in [0.15, 0.2) is 24.3 Å². The minimum Gasteiger partial charge on any atom is -0.355 e. The Kier molecular flexibility index (Phi) is 5.44. The van der Waals surface area contributed by atoms with Crippen LogP contribution in [-0.4, -0.2) is 19.0 Å². The fourth-order valence-corrected chi connectivity index (χ4v) is 2.37. The second-order valence-corrected chi connectivity index (χ2v) is 6.38. The number of nitrogens with one attached hydrogen (secondary N) is 2. The van der Waals surface area contributed by atoms with Gasteiger partial charge in [0.25, 0.3) is 0 Å². The van der Waals surface area contributed by atoms with E-state index >= 15 is 0 Å². The summed E-state index contributed by atoms with van der Waals surface area (Å²) < 4.78 is 0. The molecule has 3 nitrogen and oxygen atoms in total. The molecule has 0 bridgehead atoms. The average molecular weight is 295 g/mol. The Morgan fingerprint density at radius 1 is 1.30 bits per heavy atom. The Balaban J connectivity index is 1.87. The molecule has 1 aliphatic carbocycles. The Morgan fingerprint density at radius 2 is 1.95 bits per heavy atom. The predicted molar refractivity (Wildman–Crippen MR) is 82.8 cm³/mol. The zero-order valence-electron chi connectivity index (χ0n) is 12.2. The molecule has 20 heavy (non-hydrogen) atoms. The quantitative estimate of drug-likeness (QED) is 0.811. The highest BCUT2D eigenvalue weighted by Crippen LogP contribution is 2.41. The summed E-state index contributed by atoms with van der Waals surface area (Å²) in [6.45, 7) is 5.29. The SMILES string of the molecule is CC(C)CNC(=O)CNC(c1ccc(Cl)cc1)C1CC1. The normalized spacial score (nSPS) is 16.2. The van der Waals surface area contributed by atoms with E-state index in [1.807, 2.05) is 24.3 Å². The summed E-state index contributed by atoms with van der Waals surface area (Å²) in [5, 5.41) is 7.07. The van der Waals surface area contributed by atoms with E-state index < -0.39 is 0 Å². The Bertz CT molecular complexity index is 440. The van der Waals surface area contributed by atoms with E-state index in [-0.39, 0.29) is 11.9 Å². The van der Waals surface area contributed by atoms with Crippen molar-refractivity contribution in [3.05, 3.63) is 34.9 Å². The van der Waals surface area contributed by atoms with Gasteiger partial charge in [-0.3, -0.25) is 4.79 Å². The van der Waals surface area contributed by atoms with Crippen molar-refractivity contribution in [2.75, 3.05) is 13.1 Å². The van der Waals surface area contributed by atoms with Crippen LogP contribution in [-0.2, 0) is 4.79 Å². The monoisotopic (exact) mass is 294 g/mol. The van der Waals surface area contributed by atoms with E-state index in [0.29, 0.717) is 18.4 Å². The number of carbonyl (C=O) groups is 1. The van der Waals surface area contributed by atoms with Crippen LogP contribution in [0.5, 0.6) is 0 Å². The number of benzene rings is 1. The average Bonchev–Trinajstić information content (AvgIpc) is 3.23. The van der Waals surface area contributed by atoms with Gasteiger partial charge in [0.1, 0.15) is 0 Å². The first-order chi connectivity index (χ1) is 9.56. The van der Waals surface area contributed by atoms with Crippen molar-refractivity contribution >= 4 is 17.5 Å². The highest BCUT2D eigenvalue weighted by atomic mass is 35.5. The molecule has 1 amide bonds. The van der Waals surface area contributed by atoms with Crippen LogP contribution in [0.4, 0.5) is 0 Å². The predicted octanol–water partition coefficient (Wildman–Crippen LogP) is 3.15. The van der Waals surface area contributed by atoms with Crippen LogP contribution in [0.3, 0.4) is 0 Å². The van der Waals surface area contributed by atoms with Crippen molar-refractivity contribution in [2.45, 2.75) is 32.7 Å². The van der Waals surface area contributed by atoms with E-state index in [1.54, 1.807) is 0 Å². The van der Waals surface area contributed by atoms with Gasteiger partial charge in [0.15, 0.2) is 0 Å². The van der Waals surface area contributed by atoms with Crippen molar-refractivity contribution in [2.24, 2.45) is 11.8 Å². The third-order valence-corrected chi connectivity index (χ3v) is 3.76. The molecular weight excluding hydrogens is 272 g/mol. The largest absolute Gasteiger partial charge is 0.355 e. The number of halogens is 1. The number of hydrogen-bond donors (Lipinski definition) is 2. The molecule has 1 fully saturated rings. The van der Waals surface area contributed by atoms with Crippen LogP contribution in [0.1, 0.15) is 38.3 Å². The van der Waals surface area contributed by atoms with Crippen LogP contribution in [0.2, 0.25) is 5.02 Å². The molecule has 0 saturated heterocycles. The summed E-state index contributed by atoms with van der Waals surface area (Å²) in [6, 6.07) is 8.17. The van der Waals surface area contributed by atoms with Crippen LogP contribution in [0, 0.1) is 11.8 Å². The van der Waals surface area contributed by atoms with Crippen molar-refractivity contribution < 1.29 is 4.79 Å². The van der Waals surface area contributed by atoms with Gasteiger partial charge in [-0.1, -0.05) is 37.6 Å². The van der Waals surface area contributed by atoms with Crippen molar-refractivity contribution in [3.8, 4) is 0 Å². The van der Waals surface area contributed by atoms with Crippen molar-refractivity contribution in [3.63, 3.8) is 0 Å². The lowest BCUT2D eigenvalue weighted by Crippen LogP contribution is -2.37. The zero-order valence-corrected chi connectivity index (χ0v) is 12.9. The van der Waals surface area contributed by atoms with E-state index in [2.05, 4.69) is 24.5 Å². The fourth-order valence-electron chi connectivity index (χ4n) is 2.24. The van der Waals surface area contributed by atoms with Gasteiger partial charge in [-0.2, -0.15) is 0 Å². The zero-order chi connectivity index (χ0) is 14.5. The van der Waals surface area contributed by atoms with Gasteiger partial charge in [0.2, 0.25) is 5.91 Å². The highest BCUT2D eigenvalue weighted by molar-refractivity contribution is 6.30. The molecule has 110 valence electrons. The lowest BCUT2D eigenvalue weighted by Gasteiger charge is -2.19. The first kappa shape index (κ1) is 15.3. The van der Waals surface area contributed by atoms with E-state index in [4.69, 9.17) is 11.6 Å². The Hall–Kier alpha value is -1.06. The summed E-state index contributed by atoms with van der Waals surface area (Å²) in [7, 11) is 0. The summed E-state index contributed by atoms with van der Waals surface area (Å²) in [6.07, 6.45) is 2.46. The molecule has 1 aliphatic rings. The minimum absolute atomic E-state index is 0.0679. The standard InChI is InChI=1S/C16H23ClN2O/c1-11(2)9-18-15(20)10-19-16(12-3-4-12)13-5-7-14(17)8-6-13/h5-8,11-12,16,19H,3-4,9-10H2,1-2H3,(H,18,20).